The first-order chi connectivity index (χ1) is 10.7. The van der Waals surface area contributed by atoms with E-state index in [2.05, 4.69) is 10.4 Å². The van der Waals surface area contributed by atoms with Crippen molar-refractivity contribution in [2.24, 2.45) is 0 Å². The van der Waals surface area contributed by atoms with Crippen molar-refractivity contribution >= 4 is 34.2 Å². The lowest BCUT2D eigenvalue weighted by Gasteiger charge is -2.11. The van der Waals surface area contributed by atoms with Crippen LogP contribution in [0.1, 0.15) is 6.92 Å². The van der Waals surface area contributed by atoms with Crippen molar-refractivity contribution in [3.8, 4) is 5.75 Å². The molecule has 2 aromatic carbocycles. The van der Waals surface area contributed by atoms with Crippen molar-refractivity contribution in [1.82, 2.24) is 9.78 Å². The molecule has 0 unspecified atom stereocenters. The van der Waals surface area contributed by atoms with Gasteiger partial charge in [-0.2, -0.15) is 9.78 Å². The molecule has 0 spiro atoms. The summed E-state index contributed by atoms with van der Waals surface area (Å²) in [5.74, 6) is 0.623. The van der Waals surface area contributed by atoms with Gasteiger partial charge >= 0.3 is 6.03 Å². The normalized spacial score (nSPS) is 10.6. The SMILES string of the molecule is CCOc1ccccc1NC(=O)n1ncc2cc(Cl)ccc21. The predicted molar refractivity (Wildman–Crippen MR) is 86.8 cm³/mol. The molecule has 1 amide bonds. The number of ether oxygens (including phenoxy) is 1. The minimum Gasteiger partial charge on any atom is -0.492 e. The number of aromatic nitrogens is 2. The summed E-state index contributed by atoms with van der Waals surface area (Å²) in [5, 5.41) is 8.33. The van der Waals surface area contributed by atoms with Crippen molar-refractivity contribution in [1.29, 1.82) is 0 Å². The highest BCUT2D eigenvalue weighted by molar-refractivity contribution is 6.31. The summed E-state index contributed by atoms with van der Waals surface area (Å²) in [5.41, 5.74) is 1.29. The van der Waals surface area contributed by atoms with Gasteiger partial charge in [0.15, 0.2) is 0 Å². The Labute approximate surface area is 132 Å². The average Bonchev–Trinajstić information content (AvgIpc) is 2.92. The number of benzene rings is 2. The predicted octanol–water partition coefficient (Wildman–Crippen LogP) is 4.17. The van der Waals surface area contributed by atoms with Gasteiger partial charge < -0.3 is 10.1 Å². The van der Waals surface area contributed by atoms with E-state index in [-0.39, 0.29) is 6.03 Å². The number of halogens is 1. The highest BCUT2D eigenvalue weighted by Crippen LogP contribution is 2.24. The molecule has 0 fully saturated rings. The molecule has 3 aromatic rings. The Morgan fingerprint density at radius 3 is 2.95 bits per heavy atom. The first kappa shape index (κ1) is 14.4. The molecule has 3 rings (SSSR count). The fourth-order valence-corrected chi connectivity index (χ4v) is 2.37. The molecule has 0 saturated carbocycles. The van der Waals surface area contributed by atoms with Gasteiger partial charge in [-0.25, -0.2) is 4.79 Å². The number of para-hydroxylation sites is 2. The Morgan fingerprint density at radius 1 is 1.32 bits per heavy atom. The van der Waals surface area contributed by atoms with E-state index in [0.29, 0.717) is 28.6 Å². The molecule has 6 heteroatoms. The lowest BCUT2D eigenvalue weighted by molar-refractivity contribution is 0.251. The number of hydrogen-bond acceptors (Lipinski definition) is 3. The van der Waals surface area contributed by atoms with Gasteiger partial charge in [0.25, 0.3) is 0 Å². The molecule has 0 saturated heterocycles. The van der Waals surface area contributed by atoms with Gasteiger partial charge in [-0.05, 0) is 37.3 Å². The summed E-state index contributed by atoms with van der Waals surface area (Å²) in [6.07, 6.45) is 1.61. The van der Waals surface area contributed by atoms with E-state index < -0.39 is 0 Å². The molecular weight excluding hydrogens is 302 g/mol. The first-order valence-corrected chi connectivity index (χ1v) is 7.23. The van der Waals surface area contributed by atoms with E-state index in [4.69, 9.17) is 16.3 Å². The molecule has 0 aliphatic rings. The van der Waals surface area contributed by atoms with Gasteiger partial charge in [-0.1, -0.05) is 23.7 Å². The molecule has 0 radical (unpaired) electrons. The van der Waals surface area contributed by atoms with Crippen LogP contribution in [0.4, 0.5) is 10.5 Å². The molecule has 22 heavy (non-hydrogen) atoms. The molecule has 1 N–H and O–H groups in total. The van der Waals surface area contributed by atoms with E-state index in [1.807, 2.05) is 19.1 Å². The number of amides is 1. The van der Waals surface area contributed by atoms with Crippen molar-refractivity contribution in [2.45, 2.75) is 6.92 Å². The summed E-state index contributed by atoms with van der Waals surface area (Å²) in [6, 6.07) is 12.2. The third kappa shape index (κ3) is 2.76. The van der Waals surface area contributed by atoms with Crippen LogP contribution in [0.3, 0.4) is 0 Å². The zero-order valence-electron chi connectivity index (χ0n) is 11.9. The molecule has 0 atom stereocenters. The van der Waals surface area contributed by atoms with Crippen LogP contribution in [0.15, 0.2) is 48.7 Å². The molecular formula is C16H14ClN3O2. The van der Waals surface area contributed by atoms with Gasteiger partial charge in [0.1, 0.15) is 5.75 Å². The number of nitrogens with one attached hydrogen (secondary N) is 1. The highest BCUT2D eigenvalue weighted by atomic mass is 35.5. The Bertz CT molecular complexity index is 829. The van der Waals surface area contributed by atoms with Crippen LogP contribution in [0.2, 0.25) is 5.02 Å². The lowest BCUT2D eigenvalue weighted by atomic mass is 10.2. The van der Waals surface area contributed by atoms with Crippen LogP contribution >= 0.6 is 11.6 Å². The molecule has 0 aliphatic heterocycles. The maximum atomic E-state index is 12.4. The minimum absolute atomic E-state index is 0.357. The Kier molecular flexibility index (Phi) is 3.98. The average molecular weight is 316 g/mol. The largest absolute Gasteiger partial charge is 0.492 e. The Morgan fingerprint density at radius 2 is 2.14 bits per heavy atom. The Hall–Kier alpha value is -2.53. The number of carbonyl (C=O) groups excluding carboxylic acids is 1. The summed E-state index contributed by atoms with van der Waals surface area (Å²) in [6.45, 7) is 2.42. The summed E-state index contributed by atoms with van der Waals surface area (Å²) >= 11 is 5.94. The van der Waals surface area contributed by atoms with Gasteiger partial charge in [0, 0.05) is 10.4 Å². The smallest absolute Gasteiger partial charge is 0.347 e. The van der Waals surface area contributed by atoms with Crippen LogP contribution in [0, 0.1) is 0 Å². The maximum Gasteiger partial charge on any atom is 0.347 e. The molecule has 0 aliphatic carbocycles. The van der Waals surface area contributed by atoms with Crippen LogP contribution in [-0.2, 0) is 0 Å². The van der Waals surface area contributed by atoms with Crippen LogP contribution < -0.4 is 10.1 Å². The second-order valence-electron chi connectivity index (χ2n) is 4.62. The minimum atomic E-state index is -0.357. The number of nitrogens with zero attached hydrogens (tertiary/aromatic N) is 2. The molecule has 112 valence electrons. The topological polar surface area (TPSA) is 56.1 Å². The number of fused-ring (bicyclic) bond motifs is 1. The van der Waals surface area contributed by atoms with Crippen LogP contribution in [0.25, 0.3) is 10.9 Å². The molecule has 1 heterocycles. The van der Waals surface area contributed by atoms with Crippen molar-refractivity contribution in [2.75, 3.05) is 11.9 Å². The van der Waals surface area contributed by atoms with E-state index >= 15 is 0 Å². The standard InChI is InChI=1S/C16H14ClN3O2/c1-2-22-15-6-4-3-5-13(15)19-16(21)20-14-8-7-12(17)9-11(14)10-18-20/h3-10H,2H2,1H3,(H,19,21). The first-order valence-electron chi connectivity index (χ1n) is 6.85. The second kappa shape index (κ2) is 6.07. The summed E-state index contributed by atoms with van der Waals surface area (Å²) in [4.78, 5) is 12.4. The summed E-state index contributed by atoms with van der Waals surface area (Å²) in [7, 11) is 0. The fraction of sp³-hybridized carbons (Fsp3) is 0.125. The third-order valence-electron chi connectivity index (χ3n) is 3.15. The van der Waals surface area contributed by atoms with Gasteiger partial charge in [-0.15, -0.1) is 0 Å². The molecule has 5 nitrogen and oxygen atoms in total. The number of hydrogen-bond donors (Lipinski definition) is 1. The van der Waals surface area contributed by atoms with E-state index in [9.17, 15) is 4.79 Å². The zero-order valence-corrected chi connectivity index (χ0v) is 12.7. The lowest BCUT2D eigenvalue weighted by Crippen LogP contribution is -2.20. The monoisotopic (exact) mass is 315 g/mol. The molecule has 1 aromatic heterocycles. The number of rotatable bonds is 3. The number of carbonyl (C=O) groups is 1. The Balaban J connectivity index is 1.91. The van der Waals surface area contributed by atoms with E-state index in [1.54, 1.807) is 36.5 Å². The number of anilines is 1. The third-order valence-corrected chi connectivity index (χ3v) is 3.39. The van der Waals surface area contributed by atoms with Gasteiger partial charge in [0.05, 0.1) is 24.0 Å². The molecule has 0 bridgehead atoms. The van der Waals surface area contributed by atoms with Crippen molar-refractivity contribution in [3.63, 3.8) is 0 Å². The second-order valence-corrected chi connectivity index (χ2v) is 5.06. The van der Waals surface area contributed by atoms with Crippen molar-refractivity contribution < 1.29 is 9.53 Å². The summed E-state index contributed by atoms with van der Waals surface area (Å²) < 4.78 is 6.80. The van der Waals surface area contributed by atoms with Crippen LogP contribution in [0.5, 0.6) is 5.75 Å². The van der Waals surface area contributed by atoms with Crippen LogP contribution in [-0.4, -0.2) is 22.4 Å². The van der Waals surface area contributed by atoms with Gasteiger partial charge in [0.2, 0.25) is 0 Å². The maximum absolute atomic E-state index is 12.4. The zero-order chi connectivity index (χ0) is 15.5. The van der Waals surface area contributed by atoms with E-state index in [0.717, 1.165) is 5.39 Å². The van der Waals surface area contributed by atoms with E-state index in [1.165, 1.54) is 4.68 Å². The highest BCUT2D eigenvalue weighted by Gasteiger charge is 2.13. The van der Waals surface area contributed by atoms with Crippen molar-refractivity contribution in [3.05, 3.63) is 53.7 Å². The fourth-order valence-electron chi connectivity index (χ4n) is 2.19. The van der Waals surface area contributed by atoms with Gasteiger partial charge in [-0.3, -0.25) is 0 Å². The quantitative estimate of drug-likeness (QED) is 0.789.